The smallest absolute Gasteiger partial charge is 0.416 e. The Kier molecular flexibility index (Phi) is 4.22. The number of carbonyl (C=O) groups is 2. The predicted octanol–water partition coefficient (Wildman–Crippen LogP) is 3.59. The molecule has 24 heavy (non-hydrogen) atoms. The SMILES string of the molecule is COC(=O)c1ccnc(Cc2ccc3c(c2)c(Cl)cn3C(=O)O)c1. The molecule has 0 radical (unpaired) electrons. The third-order valence-electron chi connectivity index (χ3n) is 3.65. The number of carbonyl (C=O) groups excluding carboxylic acids is 1. The highest BCUT2D eigenvalue weighted by atomic mass is 35.5. The van der Waals surface area contributed by atoms with Crippen LogP contribution in [0.15, 0.2) is 42.7 Å². The number of fused-ring (bicyclic) bond motifs is 1. The fourth-order valence-corrected chi connectivity index (χ4v) is 2.78. The summed E-state index contributed by atoms with van der Waals surface area (Å²) in [5.41, 5.74) is 2.55. The maximum absolute atomic E-state index is 11.6. The van der Waals surface area contributed by atoms with Crippen molar-refractivity contribution in [2.75, 3.05) is 7.11 Å². The zero-order valence-corrected chi connectivity index (χ0v) is 13.4. The second-order valence-electron chi connectivity index (χ2n) is 5.19. The summed E-state index contributed by atoms with van der Waals surface area (Å²) >= 11 is 6.12. The van der Waals surface area contributed by atoms with Gasteiger partial charge in [0.2, 0.25) is 0 Å². The summed E-state index contributed by atoms with van der Waals surface area (Å²) in [5.74, 6) is -0.421. The van der Waals surface area contributed by atoms with E-state index in [-0.39, 0.29) is 0 Å². The van der Waals surface area contributed by atoms with E-state index in [0.717, 1.165) is 10.1 Å². The zero-order valence-electron chi connectivity index (χ0n) is 12.7. The minimum atomic E-state index is -1.09. The van der Waals surface area contributed by atoms with E-state index in [2.05, 4.69) is 4.98 Å². The molecular formula is C17H13ClN2O4. The number of rotatable bonds is 3. The lowest BCUT2D eigenvalue weighted by Crippen LogP contribution is -2.05. The van der Waals surface area contributed by atoms with Gasteiger partial charge in [-0.05, 0) is 29.8 Å². The number of pyridine rings is 1. The van der Waals surface area contributed by atoms with Gasteiger partial charge in [0.15, 0.2) is 0 Å². The van der Waals surface area contributed by atoms with Crippen LogP contribution >= 0.6 is 11.6 Å². The van der Waals surface area contributed by atoms with E-state index in [4.69, 9.17) is 21.4 Å². The van der Waals surface area contributed by atoms with Crippen molar-refractivity contribution >= 4 is 34.6 Å². The number of hydrogen-bond acceptors (Lipinski definition) is 4. The largest absolute Gasteiger partial charge is 0.465 e. The minimum Gasteiger partial charge on any atom is -0.465 e. The van der Waals surface area contributed by atoms with Crippen LogP contribution in [0.1, 0.15) is 21.6 Å². The van der Waals surface area contributed by atoms with Crippen LogP contribution in [0.5, 0.6) is 0 Å². The molecular weight excluding hydrogens is 332 g/mol. The van der Waals surface area contributed by atoms with E-state index in [0.29, 0.717) is 33.6 Å². The van der Waals surface area contributed by atoms with Crippen LogP contribution in [-0.2, 0) is 11.2 Å². The van der Waals surface area contributed by atoms with Crippen molar-refractivity contribution in [3.8, 4) is 0 Å². The van der Waals surface area contributed by atoms with Crippen molar-refractivity contribution in [3.05, 3.63) is 64.6 Å². The first-order valence-electron chi connectivity index (χ1n) is 7.05. The van der Waals surface area contributed by atoms with Gasteiger partial charge >= 0.3 is 12.1 Å². The van der Waals surface area contributed by atoms with E-state index < -0.39 is 12.1 Å². The molecule has 3 aromatic rings. The molecule has 1 N–H and O–H groups in total. The lowest BCUT2D eigenvalue weighted by atomic mass is 10.1. The number of nitrogens with zero attached hydrogens (tertiary/aromatic N) is 2. The molecule has 6 nitrogen and oxygen atoms in total. The topological polar surface area (TPSA) is 81.4 Å². The molecule has 1 aromatic carbocycles. The highest BCUT2D eigenvalue weighted by Gasteiger charge is 2.13. The average Bonchev–Trinajstić information content (AvgIpc) is 2.91. The van der Waals surface area contributed by atoms with Crippen molar-refractivity contribution in [3.63, 3.8) is 0 Å². The van der Waals surface area contributed by atoms with Gasteiger partial charge in [0, 0.05) is 29.9 Å². The van der Waals surface area contributed by atoms with Crippen molar-refractivity contribution in [2.24, 2.45) is 0 Å². The number of halogens is 1. The van der Waals surface area contributed by atoms with Crippen molar-refractivity contribution in [2.45, 2.75) is 6.42 Å². The molecule has 0 aliphatic heterocycles. The Bertz CT molecular complexity index is 949. The number of methoxy groups -OCH3 is 1. The van der Waals surface area contributed by atoms with Crippen LogP contribution < -0.4 is 0 Å². The lowest BCUT2D eigenvalue weighted by molar-refractivity contribution is 0.0600. The molecule has 0 saturated heterocycles. The van der Waals surface area contributed by atoms with Crippen LogP contribution in [0.2, 0.25) is 5.02 Å². The van der Waals surface area contributed by atoms with Gasteiger partial charge in [0.1, 0.15) is 0 Å². The molecule has 0 saturated carbocycles. The number of esters is 1. The van der Waals surface area contributed by atoms with Crippen molar-refractivity contribution < 1.29 is 19.4 Å². The highest BCUT2D eigenvalue weighted by Crippen LogP contribution is 2.27. The Morgan fingerprint density at radius 3 is 2.79 bits per heavy atom. The molecule has 0 aliphatic rings. The molecule has 2 heterocycles. The first-order chi connectivity index (χ1) is 11.5. The molecule has 7 heteroatoms. The van der Waals surface area contributed by atoms with E-state index in [9.17, 15) is 9.59 Å². The van der Waals surface area contributed by atoms with Gasteiger partial charge in [-0.25, -0.2) is 9.59 Å². The molecule has 0 unspecified atom stereocenters. The first kappa shape index (κ1) is 16.0. The Hall–Kier alpha value is -2.86. The van der Waals surface area contributed by atoms with Gasteiger partial charge < -0.3 is 9.84 Å². The number of hydrogen-bond donors (Lipinski definition) is 1. The number of benzene rings is 1. The Morgan fingerprint density at radius 1 is 1.29 bits per heavy atom. The van der Waals surface area contributed by atoms with Crippen molar-refractivity contribution in [1.29, 1.82) is 0 Å². The lowest BCUT2D eigenvalue weighted by Gasteiger charge is -2.05. The van der Waals surface area contributed by atoms with E-state index in [1.807, 2.05) is 12.1 Å². The molecule has 0 fully saturated rings. The van der Waals surface area contributed by atoms with E-state index >= 15 is 0 Å². The quantitative estimate of drug-likeness (QED) is 0.734. The summed E-state index contributed by atoms with van der Waals surface area (Å²) in [4.78, 5) is 27.0. The van der Waals surface area contributed by atoms with Gasteiger partial charge in [-0.15, -0.1) is 0 Å². The number of carboxylic acid groups (broad SMARTS) is 1. The van der Waals surface area contributed by atoms with Gasteiger partial charge in [-0.2, -0.15) is 0 Å². The average molecular weight is 345 g/mol. The Morgan fingerprint density at radius 2 is 2.08 bits per heavy atom. The fraction of sp³-hybridized carbons (Fsp3) is 0.118. The summed E-state index contributed by atoms with van der Waals surface area (Å²) in [7, 11) is 1.32. The Labute approximate surface area is 142 Å². The summed E-state index contributed by atoms with van der Waals surface area (Å²) in [6.07, 6.45) is 2.31. The molecule has 122 valence electrons. The summed E-state index contributed by atoms with van der Waals surface area (Å²) < 4.78 is 5.78. The number of ether oxygens (including phenoxy) is 1. The molecule has 0 bridgehead atoms. The second-order valence-corrected chi connectivity index (χ2v) is 5.59. The van der Waals surface area contributed by atoms with Crippen LogP contribution in [0.4, 0.5) is 4.79 Å². The molecule has 0 aliphatic carbocycles. The summed E-state index contributed by atoms with van der Waals surface area (Å²) in [5, 5.41) is 10.2. The first-order valence-corrected chi connectivity index (χ1v) is 7.43. The monoisotopic (exact) mass is 344 g/mol. The standard InChI is InChI=1S/C17H13ClN2O4/c1-24-16(21)11-4-5-19-12(8-11)6-10-2-3-15-13(7-10)14(18)9-20(15)17(22)23/h2-5,7-9H,6H2,1H3,(H,22,23). The zero-order chi connectivity index (χ0) is 17.3. The van der Waals surface area contributed by atoms with Crippen molar-refractivity contribution in [1.82, 2.24) is 9.55 Å². The maximum Gasteiger partial charge on any atom is 0.416 e. The molecule has 3 rings (SSSR count). The normalized spacial score (nSPS) is 10.8. The Balaban J connectivity index is 1.95. The van der Waals surface area contributed by atoms with Gasteiger partial charge in [-0.3, -0.25) is 9.55 Å². The third kappa shape index (κ3) is 2.96. The molecule has 2 aromatic heterocycles. The van der Waals surface area contributed by atoms with Crippen LogP contribution in [0, 0.1) is 0 Å². The maximum atomic E-state index is 11.6. The van der Waals surface area contributed by atoms with Crippen LogP contribution in [0.25, 0.3) is 10.9 Å². The van der Waals surface area contributed by atoms with E-state index in [1.165, 1.54) is 13.3 Å². The van der Waals surface area contributed by atoms with Crippen LogP contribution in [0.3, 0.4) is 0 Å². The summed E-state index contributed by atoms with van der Waals surface area (Å²) in [6, 6.07) is 8.59. The highest BCUT2D eigenvalue weighted by molar-refractivity contribution is 6.35. The van der Waals surface area contributed by atoms with Gasteiger partial charge in [0.05, 0.1) is 23.2 Å². The summed E-state index contributed by atoms with van der Waals surface area (Å²) in [6.45, 7) is 0. The molecule has 0 atom stereocenters. The minimum absolute atomic E-state index is 0.366. The van der Waals surface area contributed by atoms with Gasteiger partial charge in [0.25, 0.3) is 0 Å². The molecule has 0 amide bonds. The third-order valence-corrected chi connectivity index (χ3v) is 3.95. The van der Waals surface area contributed by atoms with E-state index in [1.54, 1.807) is 24.4 Å². The predicted molar refractivity (Wildman–Crippen MR) is 88.8 cm³/mol. The number of aromatic nitrogens is 2. The second kappa shape index (κ2) is 6.33. The van der Waals surface area contributed by atoms with Gasteiger partial charge in [-0.1, -0.05) is 17.7 Å². The fourth-order valence-electron chi connectivity index (χ4n) is 2.53. The van der Waals surface area contributed by atoms with Crippen LogP contribution in [-0.4, -0.2) is 33.8 Å². The molecule has 0 spiro atoms.